The van der Waals surface area contributed by atoms with Crippen molar-refractivity contribution in [1.82, 2.24) is 0 Å². The van der Waals surface area contributed by atoms with E-state index in [1.165, 1.54) is 25.7 Å². The minimum atomic E-state index is -2.24. The molecule has 0 saturated heterocycles. The first-order chi connectivity index (χ1) is 13.3. The van der Waals surface area contributed by atoms with Gasteiger partial charge in [0.15, 0.2) is 5.54 Å². The van der Waals surface area contributed by atoms with Crippen LogP contribution in [0.3, 0.4) is 0 Å². The summed E-state index contributed by atoms with van der Waals surface area (Å²) in [5.41, 5.74) is 3.23. The minimum absolute atomic E-state index is 0.185. The van der Waals surface area contributed by atoms with Crippen molar-refractivity contribution in [2.24, 2.45) is 5.73 Å². The van der Waals surface area contributed by atoms with Gasteiger partial charge in [-0.3, -0.25) is 4.79 Å². The second-order valence-corrected chi connectivity index (χ2v) is 8.07. The Morgan fingerprint density at radius 3 is 1.68 bits per heavy atom. The first-order valence-electron chi connectivity index (χ1n) is 11.0. The number of carbonyl (C=O) groups is 1. The lowest BCUT2D eigenvalue weighted by Crippen LogP contribution is -2.63. The van der Waals surface area contributed by atoms with Crippen LogP contribution in [-0.2, 0) is 4.79 Å². The van der Waals surface area contributed by atoms with Crippen LogP contribution in [0.25, 0.3) is 0 Å². The number of rotatable bonds is 19. The molecule has 0 rings (SSSR count). The molecule has 0 bridgehead atoms. The quantitative estimate of drug-likeness (QED) is 0.181. The van der Waals surface area contributed by atoms with E-state index in [1.807, 2.05) is 0 Å². The van der Waals surface area contributed by atoms with Crippen molar-refractivity contribution in [3.05, 3.63) is 0 Å². The molecule has 0 aromatic rings. The van der Waals surface area contributed by atoms with Crippen molar-refractivity contribution < 1.29 is 30.3 Å². The summed E-state index contributed by atoms with van der Waals surface area (Å²) in [5, 5.41) is 47.9. The average molecular weight is 406 g/mol. The summed E-state index contributed by atoms with van der Waals surface area (Å²) in [6.45, 7) is 1.26. The molecule has 0 heterocycles. The van der Waals surface area contributed by atoms with Crippen molar-refractivity contribution in [2.75, 3.05) is 6.61 Å². The maximum Gasteiger partial charge on any atom is 0.328 e. The van der Waals surface area contributed by atoms with E-state index in [0.717, 1.165) is 51.4 Å². The lowest BCUT2D eigenvalue weighted by atomic mass is 9.88. The molecule has 168 valence electrons. The highest BCUT2D eigenvalue weighted by atomic mass is 16.4. The summed E-state index contributed by atoms with van der Waals surface area (Å²) < 4.78 is 0. The van der Waals surface area contributed by atoms with Gasteiger partial charge < -0.3 is 31.3 Å². The largest absolute Gasteiger partial charge is 0.480 e. The summed E-state index contributed by atoms with van der Waals surface area (Å²) in [5.74, 6) is -1.54. The van der Waals surface area contributed by atoms with Gasteiger partial charge >= 0.3 is 5.97 Å². The molecule has 0 aliphatic heterocycles. The van der Waals surface area contributed by atoms with E-state index >= 15 is 0 Å². The van der Waals surface area contributed by atoms with E-state index in [0.29, 0.717) is 6.42 Å². The standard InChI is InChI=1S/C21H43NO6/c1-2-3-4-7-10-13-17(24)14-11-8-5-6-9-12-15-18(25)19(26)21(22,16-23)20(27)28/h17-19,23-26H,2-16,22H2,1H3,(H,27,28). The molecule has 0 aromatic heterocycles. The molecule has 0 aliphatic rings. The molecular formula is C21H43NO6. The van der Waals surface area contributed by atoms with Crippen LogP contribution in [0.5, 0.6) is 0 Å². The molecule has 0 aliphatic carbocycles. The molecule has 0 amide bonds. The number of nitrogens with two attached hydrogens (primary N) is 1. The molecule has 4 unspecified atom stereocenters. The van der Waals surface area contributed by atoms with Crippen LogP contribution in [-0.4, -0.2) is 62.0 Å². The fourth-order valence-electron chi connectivity index (χ4n) is 3.36. The molecule has 28 heavy (non-hydrogen) atoms. The molecule has 7 N–H and O–H groups in total. The van der Waals surface area contributed by atoms with Crippen LogP contribution in [0, 0.1) is 0 Å². The van der Waals surface area contributed by atoms with E-state index in [-0.39, 0.29) is 12.5 Å². The van der Waals surface area contributed by atoms with Gasteiger partial charge in [-0.1, -0.05) is 77.6 Å². The predicted molar refractivity (Wildman–Crippen MR) is 110 cm³/mol. The molecule has 0 spiro atoms. The zero-order chi connectivity index (χ0) is 21.4. The normalized spacial score (nSPS) is 17.1. The summed E-state index contributed by atoms with van der Waals surface area (Å²) in [4.78, 5) is 11.0. The molecule has 0 aromatic carbocycles. The smallest absolute Gasteiger partial charge is 0.328 e. The van der Waals surface area contributed by atoms with E-state index in [4.69, 9.17) is 15.9 Å². The monoisotopic (exact) mass is 405 g/mol. The predicted octanol–water partition coefficient (Wildman–Crippen LogP) is 2.32. The Morgan fingerprint density at radius 1 is 0.821 bits per heavy atom. The molecule has 7 heteroatoms. The Hall–Kier alpha value is -0.730. The van der Waals surface area contributed by atoms with E-state index in [1.54, 1.807) is 0 Å². The first kappa shape index (κ1) is 27.3. The van der Waals surface area contributed by atoms with Gasteiger partial charge in [0.05, 0.1) is 18.8 Å². The number of carboxylic acids is 1. The number of aliphatic carboxylic acids is 1. The van der Waals surface area contributed by atoms with Crippen molar-refractivity contribution in [2.45, 2.75) is 121 Å². The van der Waals surface area contributed by atoms with E-state index in [2.05, 4.69) is 6.92 Å². The van der Waals surface area contributed by atoms with Crippen LogP contribution < -0.4 is 5.73 Å². The number of unbranched alkanes of at least 4 members (excludes halogenated alkanes) is 9. The lowest BCUT2D eigenvalue weighted by Gasteiger charge is -2.31. The summed E-state index contributed by atoms with van der Waals surface area (Å²) in [6, 6.07) is 0. The third kappa shape index (κ3) is 11.3. The van der Waals surface area contributed by atoms with Crippen LogP contribution in [0.2, 0.25) is 0 Å². The number of hydrogen-bond donors (Lipinski definition) is 6. The lowest BCUT2D eigenvalue weighted by molar-refractivity contribution is -0.155. The molecule has 0 radical (unpaired) electrons. The number of aliphatic hydroxyl groups is 4. The van der Waals surface area contributed by atoms with E-state index in [9.17, 15) is 20.1 Å². The Balaban J connectivity index is 3.67. The molecular weight excluding hydrogens is 362 g/mol. The van der Waals surface area contributed by atoms with E-state index < -0.39 is 30.3 Å². The fourth-order valence-corrected chi connectivity index (χ4v) is 3.36. The molecule has 0 saturated carbocycles. The minimum Gasteiger partial charge on any atom is -0.480 e. The highest BCUT2D eigenvalue weighted by molar-refractivity contribution is 5.79. The second kappa shape index (κ2) is 16.1. The van der Waals surface area contributed by atoms with Crippen LogP contribution in [0.4, 0.5) is 0 Å². The maximum atomic E-state index is 11.0. The zero-order valence-electron chi connectivity index (χ0n) is 17.6. The summed E-state index contributed by atoms with van der Waals surface area (Å²) in [7, 11) is 0. The van der Waals surface area contributed by atoms with Crippen LogP contribution in [0.1, 0.15) is 96.8 Å². The third-order valence-corrected chi connectivity index (χ3v) is 5.48. The van der Waals surface area contributed by atoms with Gasteiger partial charge in [-0.05, 0) is 19.3 Å². The summed E-state index contributed by atoms with van der Waals surface area (Å²) in [6.07, 6.45) is 10.6. The highest BCUT2D eigenvalue weighted by Crippen LogP contribution is 2.18. The maximum absolute atomic E-state index is 11.0. The summed E-state index contributed by atoms with van der Waals surface area (Å²) >= 11 is 0. The highest BCUT2D eigenvalue weighted by Gasteiger charge is 2.44. The zero-order valence-corrected chi connectivity index (χ0v) is 17.6. The Morgan fingerprint density at radius 2 is 1.25 bits per heavy atom. The Labute approximate surface area is 170 Å². The number of aliphatic hydroxyl groups excluding tert-OH is 4. The Bertz CT molecular complexity index is 395. The third-order valence-electron chi connectivity index (χ3n) is 5.48. The van der Waals surface area contributed by atoms with Crippen molar-refractivity contribution >= 4 is 5.97 Å². The van der Waals surface area contributed by atoms with Crippen molar-refractivity contribution in [1.29, 1.82) is 0 Å². The Kier molecular flexibility index (Phi) is 15.7. The number of hydrogen-bond acceptors (Lipinski definition) is 6. The van der Waals surface area contributed by atoms with Gasteiger partial charge in [-0.2, -0.15) is 0 Å². The topological polar surface area (TPSA) is 144 Å². The molecule has 7 nitrogen and oxygen atoms in total. The van der Waals surface area contributed by atoms with Crippen molar-refractivity contribution in [3.8, 4) is 0 Å². The van der Waals surface area contributed by atoms with Gasteiger partial charge in [-0.25, -0.2) is 0 Å². The van der Waals surface area contributed by atoms with Gasteiger partial charge in [0.25, 0.3) is 0 Å². The van der Waals surface area contributed by atoms with Gasteiger partial charge in [-0.15, -0.1) is 0 Å². The number of carboxylic acid groups (broad SMARTS) is 1. The molecule has 4 atom stereocenters. The van der Waals surface area contributed by atoms with Crippen molar-refractivity contribution in [3.63, 3.8) is 0 Å². The fraction of sp³-hybridized carbons (Fsp3) is 0.952. The first-order valence-corrected chi connectivity index (χ1v) is 11.0. The van der Waals surface area contributed by atoms with Gasteiger partial charge in [0.1, 0.15) is 6.10 Å². The van der Waals surface area contributed by atoms with Crippen LogP contribution in [0.15, 0.2) is 0 Å². The van der Waals surface area contributed by atoms with Gasteiger partial charge in [0, 0.05) is 0 Å². The SMILES string of the molecule is CCCCCCCC(O)CCCCCCCCC(O)C(O)C(N)(CO)C(=O)O. The molecule has 0 fully saturated rings. The van der Waals surface area contributed by atoms with Crippen LogP contribution >= 0.6 is 0 Å². The van der Waals surface area contributed by atoms with Gasteiger partial charge in [0.2, 0.25) is 0 Å². The average Bonchev–Trinajstić information content (AvgIpc) is 2.68. The second-order valence-electron chi connectivity index (χ2n) is 8.07.